The van der Waals surface area contributed by atoms with E-state index in [1.807, 2.05) is 41.2 Å². The third kappa shape index (κ3) is 4.82. The summed E-state index contributed by atoms with van der Waals surface area (Å²) in [6, 6.07) is 9.12. The first-order valence-corrected chi connectivity index (χ1v) is 8.63. The molecule has 3 rings (SSSR count). The van der Waals surface area contributed by atoms with Gasteiger partial charge in [0.2, 0.25) is 5.91 Å². The third-order valence-electron chi connectivity index (χ3n) is 4.20. The van der Waals surface area contributed by atoms with E-state index in [0.29, 0.717) is 25.9 Å². The molecule has 1 saturated heterocycles. The molecule has 7 heteroatoms. The average Bonchev–Trinajstić information content (AvgIpc) is 3.01. The number of nitrogens with one attached hydrogen (secondary N) is 3. The van der Waals surface area contributed by atoms with Crippen LogP contribution in [0.3, 0.4) is 0 Å². The van der Waals surface area contributed by atoms with E-state index >= 15 is 0 Å². The summed E-state index contributed by atoms with van der Waals surface area (Å²) in [7, 11) is 0. The van der Waals surface area contributed by atoms with Gasteiger partial charge in [0.15, 0.2) is 0 Å². The van der Waals surface area contributed by atoms with E-state index in [0.717, 1.165) is 24.1 Å². The summed E-state index contributed by atoms with van der Waals surface area (Å²) in [6.07, 6.45) is 7.00. The average molecular weight is 341 g/mol. The minimum absolute atomic E-state index is 0.100. The monoisotopic (exact) mass is 341 g/mol. The van der Waals surface area contributed by atoms with Crippen molar-refractivity contribution in [1.29, 1.82) is 0 Å². The van der Waals surface area contributed by atoms with E-state index in [2.05, 4.69) is 21.0 Å². The molecule has 132 valence electrons. The van der Waals surface area contributed by atoms with Gasteiger partial charge in [0.25, 0.3) is 0 Å². The van der Waals surface area contributed by atoms with Gasteiger partial charge in [-0.1, -0.05) is 18.2 Å². The molecule has 0 radical (unpaired) electrons. The Balaban J connectivity index is 1.44. The lowest BCUT2D eigenvalue weighted by atomic mass is 10.1. The molecule has 1 fully saturated rings. The second-order valence-electron chi connectivity index (χ2n) is 6.12. The zero-order valence-electron chi connectivity index (χ0n) is 14.1. The topological polar surface area (TPSA) is 88.1 Å². The van der Waals surface area contributed by atoms with Crippen molar-refractivity contribution in [2.45, 2.75) is 31.7 Å². The molecule has 7 nitrogen and oxygen atoms in total. The molecule has 2 heterocycles. The molecule has 25 heavy (non-hydrogen) atoms. The standard InChI is InChI=1S/C18H23N5O2/c24-17-16(8-4-5-10-19-17)22-18(25)20-11-9-14-12-21-23(13-14)15-6-2-1-3-7-15/h1-3,6-7,12-13,16H,4-5,8-11H2,(H,19,24)(H2,20,22,25)/t16-/m1/s1. The largest absolute Gasteiger partial charge is 0.354 e. The maximum absolute atomic E-state index is 12.0. The van der Waals surface area contributed by atoms with Gasteiger partial charge in [0.05, 0.1) is 11.9 Å². The lowest BCUT2D eigenvalue weighted by molar-refractivity contribution is -0.122. The number of rotatable bonds is 5. The number of aromatic nitrogens is 2. The summed E-state index contributed by atoms with van der Waals surface area (Å²) >= 11 is 0. The van der Waals surface area contributed by atoms with Crippen LogP contribution in [0.2, 0.25) is 0 Å². The van der Waals surface area contributed by atoms with E-state index in [1.165, 1.54) is 0 Å². The fraction of sp³-hybridized carbons (Fsp3) is 0.389. The van der Waals surface area contributed by atoms with Gasteiger partial charge >= 0.3 is 6.03 Å². The summed E-state index contributed by atoms with van der Waals surface area (Å²) in [6.45, 7) is 1.17. The molecule has 0 saturated carbocycles. The van der Waals surface area contributed by atoms with Crippen LogP contribution in [0, 0.1) is 0 Å². The van der Waals surface area contributed by atoms with Crippen molar-refractivity contribution >= 4 is 11.9 Å². The molecule has 3 N–H and O–H groups in total. The molecule has 0 spiro atoms. The second kappa shape index (κ2) is 8.32. The number of carbonyl (C=O) groups is 2. The Hall–Kier alpha value is -2.83. The van der Waals surface area contributed by atoms with Gasteiger partial charge < -0.3 is 16.0 Å². The Labute approximate surface area is 146 Å². The second-order valence-corrected chi connectivity index (χ2v) is 6.12. The van der Waals surface area contributed by atoms with Crippen molar-refractivity contribution in [3.8, 4) is 5.69 Å². The summed E-state index contributed by atoms with van der Waals surface area (Å²) < 4.78 is 1.81. The first kappa shape index (κ1) is 17.0. The van der Waals surface area contributed by atoms with E-state index in [1.54, 1.807) is 6.20 Å². The number of hydrogen-bond acceptors (Lipinski definition) is 3. The molecular formula is C18H23N5O2. The predicted octanol–water partition coefficient (Wildman–Crippen LogP) is 1.38. The summed E-state index contributed by atoms with van der Waals surface area (Å²) in [4.78, 5) is 23.8. The molecule has 1 aromatic heterocycles. The van der Waals surface area contributed by atoms with E-state index in [-0.39, 0.29) is 11.9 Å². The molecule has 0 bridgehead atoms. The van der Waals surface area contributed by atoms with E-state index in [4.69, 9.17) is 0 Å². The van der Waals surface area contributed by atoms with Crippen LogP contribution in [0.5, 0.6) is 0 Å². The number of benzene rings is 1. The lowest BCUT2D eigenvalue weighted by Crippen LogP contribution is -2.49. The maximum atomic E-state index is 12.0. The van der Waals surface area contributed by atoms with Crippen molar-refractivity contribution in [3.63, 3.8) is 0 Å². The van der Waals surface area contributed by atoms with Crippen LogP contribution < -0.4 is 16.0 Å². The fourth-order valence-electron chi connectivity index (χ4n) is 2.82. The van der Waals surface area contributed by atoms with Gasteiger partial charge in [0.1, 0.15) is 6.04 Å². The highest BCUT2D eigenvalue weighted by molar-refractivity contribution is 5.87. The lowest BCUT2D eigenvalue weighted by Gasteiger charge is -2.15. The highest BCUT2D eigenvalue weighted by atomic mass is 16.2. The third-order valence-corrected chi connectivity index (χ3v) is 4.20. The molecule has 1 aliphatic heterocycles. The Bertz CT molecular complexity index is 713. The van der Waals surface area contributed by atoms with Crippen molar-refractivity contribution in [2.75, 3.05) is 13.1 Å². The van der Waals surface area contributed by atoms with Gasteiger partial charge in [-0.2, -0.15) is 5.10 Å². The summed E-state index contributed by atoms with van der Waals surface area (Å²) in [5.74, 6) is -0.100. The number of hydrogen-bond donors (Lipinski definition) is 3. The molecule has 2 aromatic rings. The highest BCUT2D eigenvalue weighted by Crippen LogP contribution is 2.08. The first-order valence-electron chi connectivity index (χ1n) is 8.63. The van der Waals surface area contributed by atoms with Crippen LogP contribution in [-0.4, -0.2) is 40.9 Å². The number of para-hydroxylation sites is 1. The van der Waals surface area contributed by atoms with E-state index < -0.39 is 6.04 Å². The molecule has 1 aliphatic rings. The minimum Gasteiger partial charge on any atom is -0.354 e. The molecule has 0 unspecified atom stereocenters. The van der Waals surface area contributed by atoms with Crippen LogP contribution in [0.4, 0.5) is 4.79 Å². The van der Waals surface area contributed by atoms with Gasteiger partial charge in [-0.3, -0.25) is 4.79 Å². The Morgan fingerprint density at radius 3 is 2.96 bits per heavy atom. The Kier molecular flexibility index (Phi) is 5.66. The smallest absolute Gasteiger partial charge is 0.315 e. The van der Waals surface area contributed by atoms with E-state index in [9.17, 15) is 9.59 Å². The summed E-state index contributed by atoms with van der Waals surface area (Å²) in [5.41, 5.74) is 2.04. The van der Waals surface area contributed by atoms with Crippen LogP contribution in [-0.2, 0) is 11.2 Å². The first-order chi connectivity index (χ1) is 12.2. The van der Waals surface area contributed by atoms with Gasteiger partial charge in [-0.15, -0.1) is 0 Å². The quantitative estimate of drug-likeness (QED) is 0.768. The Morgan fingerprint density at radius 1 is 1.28 bits per heavy atom. The van der Waals surface area contributed by atoms with Crippen LogP contribution >= 0.6 is 0 Å². The molecular weight excluding hydrogens is 318 g/mol. The number of amides is 3. The summed E-state index contributed by atoms with van der Waals surface area (Å²) in [5, 5.41) is 12.7. The number of urea groups is 1. The van der Waals surface area contributed by atoms with Gasteiger partial charge in [-0.05, 0) is 43.4 Å². The van der Waals surface area contributed by atoms with Crippen molar-refractivity contribution in [1.82, 2.24) is 25.7 Å². The maximum Gasteiger partial charge on any atom is 0.315 e. The number of carbonyl (C=O) groups excluding carboxylic acids is 2. The highest BCUT2D eigenvalue weighted by Gasteiger charge is 2.21. The molecule has 0 aliphatic carbocycles. The van der Waals surface area contributed by atoms with Crippen LogP contribution in [0.15, 0.2) is 42.7 Å². The fourth-order valence-corrected chi connectivity index (χ4v) is 2.82. The minimum atomic E-state index is -0.441. The zero-order chi connectivity index (χ0) is 17.5. The van der Waals surface area contributed by atoms with Gasteiger partial charge in [-0.25, -0.2) is 9.48 Å². The molecule has 1 atom stereocenters. The zero-order valence-corrected chi connectivity index (χ0v) is 14.1. The molecule has 1 aromatic carbocycles. The number of nitrogens with zero attached hydrogens (tertiary/aromatic N) is 2. The van der Waals surface area contributed by atoms with Crippen molar-refractivity contribution in [3.05, 3.63) is 48.3 Å². The normalized spacial score (nSPS) is 17.4. The predicted molar refractivity (Wildman–Crippen MR) is 94.5 cm³/mol. The van der Waals surface area contributed by atoms with Gasteiger partial charge in [0, 0.05) is 19.3 Å². The Morgan fingerprint density at radius 2 is 2.12 bits per heavy atom. The van der Waals surface area contributed by atoms with Crippen molar-refractivity contribution in [2.24, 2.45) is 0 Å². The van der Waals surface area contributed by atoms with Crippen LogP contribution in [0.25, 0.3) is 5.69 Å². The van der Waals surface area contributed by atoms with Crippen molar-refractivity contribution < 1.29 is 9.59 Å². The SMILES string of the molecule is O=C(NCCc1cnn(-c2ccccc2)c1)N[C@@H]1CCCCNC1=O. The van der Waals surface area contributed by atoms with Crippen LogP contribution in [0.1, 0.15) is 24.8 Å². The molecule has 3 amide bonds.